The largest absolute Gasteiger partial charge is 0.390 e. The average molecular weight is 223 g/mol. The van der Waals surface area contributed by atoms with Gasteiger partial charge >= 0.3 is 0 Å². The Kier molecular flexibility index (Phi) is 2.39. The van der Waals surface area contributed by atoms with Crippen LogP contribution in [-0.2, 0) is 0 Å². The van der Waals surface area contributed by atoms with E-state index >= 15 is 0 Å². The fourth-order valence-corrected chi connectivity index (χ4v) is 1.62. The number of aliphatic hydroxyl groups is 3. The Balaban J connectivity index is 2.80. The van der Waals surface area contributed by atoms with E-state index < -0.39 is 16.7 Å². The van der Waals surface area contributed by atoms with Gasteiger partial charge in [0.15, 0.2) is 4.51 Å². The molecule has 0 bridgehead atoms. The Morgan fingerprint density at radius 3 is 2.55 bits per heavy atom. The molecule has 3 nitrogen and oxygen atoms in total. The van der Waals surface area contributed by atoms with Gasteiger partial charge < -0.3 is 15.3 Å². The summed E-state index contributed by atoms with van der Waals surface area (Å²) in [5.74, 6) is 0. The number of aliphatic hydroxyl groups excluding tert-OH is 2. The molecule has 0 aromatic heterocycles. The first-order chi connectivity index (χ1) is 4.96. The van der Waals surface area contributed by atoms with Gasteiger partial charge in [0.05, 0.1) is 6.10 Å². The zero-order valence-corrected chi connectivity index (χ0v) is 7.58. The van der Waals surface area contributed by atoms with Crippen molar-refractivity contribution >= 4 is 15.9 Å². The van der Waals surface area contributed by atoms with E-state index in [0.29, 0.717) is 18.4 Å². The lowest BCUT2D eigenvalue weighted by molar-refractivity contribution is -0.0749. The summed E-state index contributed by atoms with van der Waals surface area (Å²) in [7, 11) is 0. The van der Waals surface area contributed by atoms with Crippen LogP contribution in [0.1, 0.15) is 12.8 Å². The van der Waals surface area contributed by atoms with Gasteiger partial charge in [-0.05, 0) is 34.3 Å². The zero-order valence-electron chi connectivity index (χ0n) is 6.00. The normalized spacial score (nSPS) is 46.0. The van der Waals surface area contributed by atoms with Crippen LogP contribution in [0.4, 0.5) is 0 Å². The summed E-state index contributed by atoms with van der Waals surface area (Å²) in [6.45, 7) is 3.58. The molecular weight excluding hydrogens is 212 g/mol. The smallest absolute Gasteiger partial charge is 0.169 e. The molecule has 4 heteroatoms. The highest BCUT2D eigenvalue weighted by molar-refractivity contribution is 9.10. The first-order valence-electron chi connectivity index (χ1n) is 3.42. The van der Waals surface area contributed by atoms with Crippen LogP contribution in [0.25, 0.3) is 0 Å². The Morgan fingerprint density at radius 1 is 1.55 bits per heavy atom. The van der Waals surface area contributed by atoms with Crippen LogP contribution < -0.4 is 0 Å². The first kappa shape index (κ1) is 9.19. The highest BCUT2D eigenvalue weighted by atomic mass is 79.9. The van der Waals surface area contributed by atoms with E-state index in [1.807, 2.05) is 0 Å². The molecule has 0 aromatic rings. The second-order valence-electron chi connectivity index (χ2n) is 2.83. The lowest BCUT2D eigenvalue weighted by atomic mass is 9.88. The van der Waals surface area contributed by atoms with Crippen LogP contribution in [0.15, 0.2) is 12.2 Å². The maximum atomic E-state index is 9.49. The van der Waals surface area contributed by atoms with Gasteiger partial charge in [-0.1, -0.05) is 6.58 Å². The molecule has 3 atom stereocenters. The molecule has 1 fully saturated rings. The standard InChI is InChI=1S/C7H11BrO3/c1-4-2-3-5(9)6(10)7(4,8)11/h5-6,9-11H,1-3H2. The molecule has 1 rings (SSSR count). The fraction of sp³-hybridized carbons (Fsp3) is 0.714. The van der Waals surface area contributed by atoms with Crippen LogP contribution >= 0.6 is 15.9 Å². The third kappa shape index (κ3) is 1.49. The molecule has 0 aromatic carbocycles. The Labute approximate surface area is 73.5 Å². The summed E-state index contributed by atoms with van der Waals surface area (Å²) in [4.78, 5) is 0. The number of halogens is 1. The van der Waals surface area contributed by atoms with Crippen molar-refractivity contribution in [3.8, 4) is 0 Å². The minimum Gasteiger partial charge on any atom is -0.390 e. The monoisotopic (exact) mass is 222 g/mol. The van der Waals surface area contributed by atoms with Crippen LogP contribution in [0.3, 0.4) is 0 Å². The van der Waals surface area contributed by atoms with Crippen LogP contribution in [0, 0.1) is 0 Å². The molecule has 0 saturated heterocycles. The summed E-state index contributed by atoms with van der Waals surface area (Å²) in [6, 6.07) is 0. The van der Waals surface area contributed by atoms with Crippen molar-refractivity contribution in [2.45, 2.75) is 29.6 Å². The van der Waals surface area contributed by atoms with Crippen molar-refractivity contribution in [2.75, 3.05) is 0 Å². The summed E-state index contributed by atoms with van der Waals surface area (Å²) in [5, 5.41) is 27.9. The molecule has 0 amide bonds. The minimum absolute atomic E-state index is 0.452. The number of alkyl halides is 1. The molecule has 1 aliphatic carbocycles. The lowest BCUT2D eigenvalue weighted by Crippen LogP contribution is -2.49. The van der Waals surface area contributed by atoms with Crippen molar-refractivity contribution in [2.24, 2.45) is 0 Å². The molecule has 0 aliphatic heterocycles. The lowest BCUT2D eigenvalue weighted by Gasteiger charge is -2.36. The first-order valence-corrected chi connectivity index (χ1v) is 4.21. The molecule has 3 N–H and O–H groups in total. The molecule has 11 heavy (non-hydrogen) atoms. The molecular formula is C7H11BrO3. The highest BCUT2D eigenvalue weighted by Gasteiger charge is 2.43. The molecule has 3 unspecified atom stereocenters. The van der Waals surface area contributed by atoms with E-state index in [1.54, 1.807) is 0 Å². The minimum atomic E-state index is -1.51. The van der Waals surface area contributed by atoms with Gasteiger partial charge in [-0.25, -0.2) is 0 Å². The molecule has 1 aliphatic rings. The van der Waals surface area contributed by atoms with Gasteiger partial charge in [0.2, 0.25) is 0 Å². The molecule has 0 spiro atoms. The maximum Gasteiger partial charge on any atom is 0.169 e. The summed E-state index contributed by atoms with van der Waals surface area (Å²) in [5.41, 5.74) is 0.510. The summed E-state index contributed by atoms with van der Waals surface area (Å²) >= 11 is 2.91. The van der Waals surface area contributed by atoms with E-state index in [0.717, 1.165) is 0 Å². The maximum absolute atomic E-state index is 9.49. The van der Waals surface area contributed by atoms with E-state index in [9.17, 15) is 10.2 Å². The third-order valence-corrected chi connectivity index (χ3v) is 3.02. The number of hydrogen-bond acceptors (Lipinski definition) is 3. The predicted octanol–water partition coefficient (Wildman–Crippen LogP) is 0.142. The van der Waals surface area contributed by atoms with Gasteiger partial charge in [0, 0.05) is 0 Å². The van der Waals surface area contributed by atoms with Crippen molar-refractivity contribution in [3.63, 3.8) is 0 Å². The van der Waals surface area contributed by atoms with E-state index in [2.05, 4.69) is 22.5 Å². The Bertz CT molecular complexity index is 179. The van der Waals surface area contributed by atoms with Crippen molar-refractivity contribution < 1.29 is 15.3 Å². The molecule has 0 heterocycles. The molecule has 64 valence electrons. The second kappa shape index (κ2) is 2.86. The number of hydrogen-bond donors (Lipinski definition) is 3. The van der Waals surface area contributed by atoms with Crippen LogP contribution in [0.5, 0.6) is 0 Å². The van der Waals surface area contributed by atoms with Crippen LogP contribution in [0.2, 0.25) is 0 Å². The Hall–Kier alpha value is 0.100. The van der Waals surface area contributed by atoms with Crippen LogP contribution in [-0.4, -0.2) is 32.0 Å². The fourth-order valence-electron chi connectivity index (χ4n) is 1.12. The van der Waals surface area contributed by atoms with Gasteiger partial charge in [0.1, 0.15) is 6.10 Å². The summed E-state index contributed by atoms with van der Waals surface area (Å²) in [6.07, 6.45) is -1.07. The van der Waals surface area contributed by atoms with Gasteiger partial charge in [-0.15, -0.1) is 0 Å². The summed E-state index contributed by atoms with van der Waals surface area (Å²) < 4.78 is -1.51. The van der Waals surface area contributed by atoms with Crippen molar-refractivity contribution in [1.29, 1.82) is 0 Å². The van der Waals surface area contributed by atoms with Gasteiger partial charge in [-0.2, -0.15) is 0 Å². The zero-order chi connectivity index (χ0) is 8.65. The number of rotatable bonds is 0. The highest BCUT2D eigenvalue weighted by Crippen LogP contribution is 2.37. The van der Waals surface area contributed by atoms with Crippen molar-refractivity contribution in [3.05, 3.63) is 12.2 Å². The Morgan fingerprint density at radius 2 is 2.09 bits per heavy atom. The second-order valence-corrected chi connectivity index (χ2v) is 4.04. The van der Waals surface area contributed by atoms with Gasteiger partial charge in [0.25, 0.3) is 0 Å². The predicted molar refractivity (Wildman–Crippen MR) is 44.3 cm³/mol. The van der Waals surface area contributed by atoms with E-state index in [-0.39, 0.29) is 0 Å². The molecule has 0 radical (unpaired) electrons. The van der Waals surface area contributed by atoms with Crippen molar-refractivity contribution in [1.82, 2.24) is 0 Å². The van der Waals surface area contributed by atoms with E-state index in [1.165, 1.54) is 0 Å². The van der Waals surface area contributed by atoms with Gasteiger partial charge in [-0.3, -0.25) is 0 Å². The SMILES string of the molecule is C=C1CCC(O)C(O)C1(O)Br. The average Bonchev–Trinajstić information content (AvgIpc) is 1.95. The van der Waals surface area contributed by atoms with E-state index in [4.69, 9.17) is 5.11 Å². The topological polar surface area (TPSA) is 60.7 Å². The third-order valence-electron chi connectivity index (χ3n) is 1.99. The molecule has 1 saturated carbocycles. The quantitative estimate of drug-likeness (QED) is 0.404.